The van der Waals surface area contributed by atoms with Crippen molar-refractivity contribution in [1.82, 2.24) is 5.32 Å². The van der Waals surface area contributed by atoms with Gasteiger partial charge in [0.1, 0.15) is 0 Å². The molecule has 0 fully saturated rings. The number of carbonyl (C=O) groups excluding carboxylic acids is 2. The molecule has 0 aliphatic carbocycles. The van der Waals surface area contributed by atoms with Crippen LogP contribution in [0.1, 0.15) is 6.92 Å². The second-order valence-corrected chi connectivity index (χ2v) is 1.84. The van der Waals surface area contributed by atoms with Crippen molar-refractivity contribution in [2.75, 3.05) is 14.2 Å². The van der Waals surface area contributed by atoms with Gasteiger partial charge in [-0.05, 0) is 0 Å². The van der Waals surface area contributed by atoms with Crippen molar-refractivity contribution >= 4 is 11.9 Å². The topological polar surface area (TPSA) is 64.6 Å². The molecule has 0 rings (SSSR count). The molecule has 64 valence electrons. The molecule has 0 saturated carbocycles. The number of nitrogens with one attached hydrogen (secondary N) is 1. The Hall–Kier alpha value is -1.10. The Morgan fingerprint density at radius 3 is 2.18 bits per heavy atom. The highest BCUT2D eigenvalue weighted by atomic mass is 16.6. The third-order valence-electron chi connectivity index (χ3n) is 0.985. The molecule has 0 radical (unpaired) electrons. The minimum atomic E-state index is -1.00. The van der Waals surface area contributed by atoms with Gasteiger partial charge in [0.15, 0.2) is 0 Å². The first-order valence-corrected chi connectivity index (χ1v) is 2.99. The van der Waals surface area contributed by atoms with Crippen molar-refractivity contribution in [2.45, 2.75) is 13.2 Å². The predicted molar refractivity (Wildman–Crippen MR) is 36.6 cm³/mol. The molecule has 1 N–H and O–H groups in total. The molecular formula is C6H11NO4. The lowest BCUT2D eigenvalue weighted by molar-refractivity contribution is -0.156. The number of rotatable bonds is 3. The van der Waals surface area contributed by atoms with Crippen LogP contribution in [0.3, 0.4) is 0 Å². The van der Waals surface area contributed by atoms with E-state index in [9.17, 15) is 9.59 Å². The zero-order chi connectivity index (χ0) is 8.85. The maximum absolute atomic E-state index is 10.7. The lowest BCUT2D eigenvalue weighted by atomic mass is 10.5. The molecule has 1 unspecified atom stereocenters. The fraction of sp³-hybridized carbons (Fsp3) is 0.667. The monoisotopic (exact) mass is 161 g/mol. The number of carbonyl (C=O) groups is 2. The first kappa shape index (κ1) is 9.90. The zero-order valence-electron chi connectivity index (χ0n) is 6.71. The van der Waals surface area contributed by atoms with Crippen LogP contribution >= 0.6 is 0 Å². The summed E-state index contributed by atoms with van der Waals surface area (Å²) in [4.78, 5) is 21.2. The Morgan fingerprint density at radius 1 is 1.36 bits per heavy atom. The number of amides is 1. The Bertz CT molecular complexity index is 157. The standard InChI is InChI=1S/C6H11NO4/c1-4(8)7-5(10-2)6(9)11-3/h5H,1-3H3,(H,7,8). The number of ether oxygens (including phenoxy) is 2. The first-order valence-electron chi connectivity index (χ1n) is 2.99. The average Bonchev–Trinajstić information content (AvgIpc) is 1.98. The maximum atomic E-state index is 10.7. The van der Waals surface area contributed by atoms with Gasteiger partial charge in [-0.15, -0.1) is 0 Å². The molecule has 0 spiro atoms. The molecule has 0 aromatic carbocycles. The summed E-state index contributed by atoms with van der Waals surface area (Å²) in [5, 5.41) is 2.24. The van der Waals surface area contributed by atoms with Crippen LogP contribution in [0.4, 0.5) is 0 Å². The van der Waals surface area contributed by atoms with Crippen LogP contribution in [0.2, 0.25) is 0 Å². The lowest BCUT2D eigenvalue weighted by Crippen LogP contribution is -2.41. The summed E-state index contributed by atoms with van der Waals surface area (Å²) < 4.78 is 8.93. The highest BCUT2D eigenvalue weighted by Crippen LogP contribution is 1.87. The molecule has 0 heterocycles. The smallest absolute Gasteiger partial charge is 0.356 e. The van der Waals surface area contributed by atoms with E-state index >= 15 is 0 Å². The van der Waals surface area contributed by atoms with E-state index < -0.39 is 12.2 Å². The number of methoxy groups -OCH3 is 2. The molecule has 5 nitrogen and oxygen atoms in total. The van der Waals surface area contributed by atoms with Crippen LogP contribution in [0.15, 0.2) is 0 Å². The van der Waals surface area contributed by atoms with Crippen molar-refractivity contribution in [3.05, 3.63) is 0 Å². The van der Waals surface area contributed by atoms with Gasteiger partial charge in [-0.2, -0.15) is 0 Å². The molecule has 0 aliphatic rings. The van der Waals surface area contributed by atoms with Gasteiger partial charge < -0.3 is 14.8 Å². The van der Waals surface area contributed by atoms with E-state index in [4.69, 9.17) is 0 Å². The lowest BCUT2D eigenvalue weighted by Gasteiger charge is -2.12. The van der Waals surface area contributed by atoms with Gasteiger partial charge in [0.25, 0.3) is 0 Å². The zero-order valence-corrected chi connectivity index (χ0v) is 6.71. The quantitative estimate of drug-likeness (QED) is 0.437. The average molecular weight is 161 g/mol. The predicted octanol–water partition coefficient (Wildman–Crippen LogP) is -0.732. The Labute approximate surface area is 64.7 Å². The van der Waals surface area contributed by atoms with E-state index in [-0.39, 0.29) is 5.91 Å². The van der Waals surface area contributed by atoms with E-state index in [1.54, 1.807) is 0 Å². The van der Waals surface area contributed by atoms with Crippen molar-refractivity contribution in [3.63, 3.8) is 0 Å². The molecule has 1 atom stereocenters. The molecule has 11 heavy (non-hydrogen) atoms. The van der Waals surface area contributed by atoms with Crippen LogP contribution in [-0.2, 0) is 19.1 Å². The van der Waals surface area contributed by atoms with Crippen LogP contribution < -0.4 is 5.32 Å². The highest BCUT2D eigenvalue weighted by Gasteiger charge is 2.18. The fourth-order valence-corrected chi connectivity index (χ4v) is 0.506. The Kier molecular flexibility index (Phi) is 4.21. The molecule has 0 bridgehead atoms. The summed E-state index contributed by atoms with van der Waals surface area (Å²) in [6.07, 6.45) is -1.00. The van der Waals surface area contributed by atoms with Crippen molar-refractivity contribution in [3.8, 4) is 0 Å². The number of hydrogen-bond donors (Lipinski definition) is 1. The van der Waals surface area contributed by atoms with Crippen LogP contribution in [0.5, 0.6) is 0 Å². The summed E-state index contributed by atoms with van der Waals surface area (Å²) in [5.74, 6) is -0.968. The summed E-state index contributed by atoms with van der Waals surface area (Å²) in [5.41, 5.74) is 0. The fourth-order valence-electron chi connectivity index (χ4n) is 0.506. The number of hydrogen-bond acceptors (Lipinski definition) is 4. The van der Waals surface area contributed by atoms with Gasteiger partial charge in [0.05, 0.1) is 7.11 Å². The summed E-state index contributed by atoms with van der Waals surface area (Å²) in [6.45, 7) is 1.29. The second-order valence-electron chi connectivity index (χ2n) is 1.84. The van der Waals surface area contributed by atoms with Gasteiger partial charge in [-0.3, -0.25) is 4.79 Å². The van der Waals surface area contributed by atoms with E-state index in [0.717, 1.165) is 0 Å². The minimum Gasteiger partial charge on any atom is -0.466 e. The molecule has 5 heteroatoms. The second kappa shape index (κ2) is 4.68. The highest BCUT2D eigenvalue weighted by molar-refractivity contribution is 5.81. The normalized spacial score (nSPS) is 11.9. The largest absolute Gasteiger partial charge is 0.466 e. The van der Waals surface area contributed by atoms with Gasteiger partial charge in [0.2, 0.25) is 12.1 Å². The minimum absolute atomic E-state index is 0.345. The van der Waals surface area contributed by atoms with Gasteiger partial charge in [0, 0.05) is 14.0 Å². The Balaban J connectivity index is 3.94. The first-order chi connectivity index (χ1) is 5.11. The van der Waals surface area contributed by atoms with Crippen molar-refractivity contribution in [2.24, 2.45) is 0 Å². The van der Waals surface area contributed by atoms with Crippen LogP contribution in [0, 0.1) is 0 Å². The SMILES string of the molecule is COC(=O)C(NC(C)=O)OC. The molecular weight excluding hydrogens is 150 g/mol. The van der Waals surface area contributed by atoms with E-state index in [0.29, 0.717) is 0 Å². The molecule has 1 amide bonds. The molecule has 0 saturated heterocycles. The summed E-state index contributed by atoms with van der Waals surface area (Å²) >= 11 is 0. The molecule has 0 aromatic heterocycles. The van der Waals surface area contributed by atoms with Crippen molar-refractivity contribution in [1.29, 1.82) is 0 Å². The molecule has 0 aromatic rings. The summed E-state index contributed by atoms with van der Waals surface area (Å²) in [7, 11) is 2.52. The van der Waals surface area contributed by atoms with Gasteiger partial charge in [-0.25, -0.2) is 4.79 Å². The van der Waals surface area contributed by atoms with E-state index in [2.05, 4.69) is 14.8 Å². The Morgan fingerprint density at radius 2 is 1.91 bits per heavy atom. The van der Waals surface area contributed by atoms with Gasteiger partial charge >= 0.3 is 5.97 Å². The number of esters is 1. The third kappa shape index (κ3) is 3.57. The van der Waals surface area contributed by atoms with E-state index in [1.165, 1.54) is 21.1 Å². The molecule has 0 aliphatic heterocycles. The third-order valence-corrected chi connectivity index (χ3v) is 0.985. The van der Waals surface area contributed by atoms with Gasteiger partial charge in [-0.1, -0.05) is 0 Å². The summed E-state index contributed by atoms with van der Waals surface area (Å²) in [6, 6.07) is 0. The van der Waals surface area contributed by atoms with E-state index in [1.807, 2.05) is 0 Å². The maximum Gasteiger partial charge on any atom is 0.356 e. The van der Waals surface area contributed by atoms with Crippen molar-refractivity contribution < 1.29 is 19.1 Å². The van der Waals surface area contributed by atoms with Crippen LogP contribution in [-0.4, -0.2) is 32.3 Å². The van der Waals surface area contributed by atoms with Crippen LogP contribution in [0.25, 0.3) is 0 Å².